The Kier molecular flexibility index (Phi) is 6.21. The van der Waals surface area contributed by atoms with Gasteiger partial charge in [-0.1, -0.05) is 60.7 Å². The molecule has 0 aliphatic rings. The Balaban J connectivity index is 2.17. The van der Waals surface area contributed by atoms with Gasteiger partial charge in [0.15, 0.2) is 0 Å². The molecule has 7 heteroatoms. The fourth-order valence-corrected chi connectivity index (χ4v) is 3.54. The number of nitrogens with one attached hydrogen (secondary N) is 1. The number of ether oxygens (including phenoxy) is 1. The maximum atomic E-state index is 12.7. The molecule has 0 aliphatic carbocycles. The van der Waals surface area contributed by atoms with Gasteiger partial charge < -0.3 is 10.1 Å². The Bertz CT molecular complexity index is 1160. The van der Waals surface area contributed by atoms with Crippen LogP contribution in [0.2, 0.25) is 0 Å². The largest absolute Gasteiger partial charge is 0.444 e. The molecule has 3 aromatic rings. The summed E-state index contributed by atoms with van der Waals surface area (Å²) in [4.78, 5) is 23.8. The van der Waals surface area contributed by atoms with Crippen LogP contribution in [-0.4, -0.2) is 16.6 Å². The van der Waals surface area contributed by atoms with Gasteiger partial charge in [-0.25, -0.2) is 4.79 Å². The van der Waals surface area contributed by atoms with Crippen LogP contribution in [0.3, 0.4) is 0 Å². The van der Waals surface area contributed by atoms with E-state index in [1.165, 1.54) is 6.07 Å². The molecule has 0 aliphatic heterocycles. The lowest BCUT2D eigenvalue weighted by molar-refractivity contribution is -0.385. The Morgan fingerprint density at radius 3 is 2.32 bits per heavy atom. The molecule has 1 N–H and O–H groups in total. The maximum absolute atomic E-state index is 12.7. The highest BCUT2D eigenvalue weighted by molar-refractivity contribution is 5.87. The monoisotopic (exact) mass is 417 g/mol. The fraction of sp³-hybridized carbons (Fsp3) is 0.250. The summed E-state index contributed by atoms with van der Waals surface area (Å²) in [6.45, 7) is 5.22. The molecule has 0 radical (unpaired) electrons. The molecule has 0 bridgehead atoms. The first kappa shape index (κ1) is 21.8. The van der Waals surface area contributed by atoms with Crippen LogP contribution in [0.4, 0.5) is 10.5 Å². The quantitative estimate of drug-likeness (QED) is 0.428. The molecule has 158 valence electrons. The third kappa shape index (κ3) is 4.98. The van der Waals surface area contributed by atoms with Crippen molar-refractivity contribution in [3.05, 3.63) is 88.0 Å². The maximum Gasteiger partial charge on any atom is 0.408 e. The van der Waals surface area contributed by atoms with Crippen LogP contribution >= 0.6 is 0 Å². The van der Waals surface area contributed by atoms with E-state index in [2.05, 4.69) is 11.4 Å². The van der Waals surface area contributed by atoms with Crippen LogP contribution in [0.15, 0.2) is 66.7 Å². The van der Waals surface area contributed by atoms with Crippen LogP contribution in [0.5, 0.6) is 0 Å². The lowest BCUT2D eigenvalue weighted by atomic mass is 9.85. The van der Waals surface area contributed by atoms with E-state index >= 15 is 0 Å². The number of hydrogen-bond acceptors (Lipinski definition) is 5. The van der Waals surface area contributed by atoms with Gasteiger partial charge in [-0.3, -0.25) is 10.1 Å². The van der Waals surface area contributed by atoms with Crippen molar-refractivity contribution in [3.63, 3.8) is 0 Å². The first-order valence-electron chi connectivity index (χ1n) is 9.81. The zero-order chi connectivity index (χ0) is 22.6. The van der Waals surface area contributed by atoms with Crippen LogP contribution < -0.4 is 5.32 Å². The molecule has 1 amide bonds. The van der Waals surface area contributed by atoms with Crippen molar-refractivity contribution in [1.29, 1.82) is 5.26 Å². The van der Waals surface area contributed by atoms with Crippen molar-refractivity contribution < 1.29 is 14.5 Å². The van der Waals surface area contributed by atoms with Gasteiger partial charge in [0.05, 0.1) is 17.0 Å². The lowest BCUT2D eigenvalue weighted by Gasteiger charge is -2.27. The zero-order valence-corrected chi connectivity index (χ0v) is 17.5. The summed E-state index contributed by atoms with van der Waals surface area (Å²) < 4.78 is 5.42. The predicted octanol–water partition coefficient (Wildman–Crippen LogP) is 5.62. The number of nitrogens with zero attached hydrogens (tertiary/aromatic N) is 2. The standard InChI is InChI=1S/C24H23N3O4/c1-24(2,3)31-23(28)26-22(19-13-8-10-16-9-4-5-11-17(16)19)20(15-25)18-12-6-7-14-21(18)27(29)30/h4-14,20,22H,1-3H3,(H,26,28)/t20-,22-/m1/s1. The number of nitro benzene ring substituents is 1. The van der Waals surface area contributed by atoms with Crippen LogP contribution in [0, 0.1) is 21.4 Å². The summed E-state index contributed by atoms with van der Waals surface area (Å²) in [7, 11) is 0. The number of para-hydroxylation sites is 1. The minimum absolute atomic E-state index is 0.176. The van der Waals surface area contributed by atoms with Crippen molar-refractivity contribution >= 4 is 22.6 Å². The van der Waals surface area contributed by atoms with E-state index in [9.17, 15) is 20.2 Å². The van der Waals surface area contributed by atoms with Crippen LogP contribution in [0.1, 0.15) is 43.9 Å². The number of nitriles is 1. The second kappa shape index (κ2) is 8.84. The predicted molar refractivity (Wildman–Crippen MR) is 118 cm³/mol. The third-order valence-electron chi connectivity index (χ3n) is 4.77. The number of amides is 1. The average Bonchev–Trinajstić information content (AvgIpc) is 2.72. The van der Waals surface area contributed by atoms with Gasteiger partial charge in [0, 0.05) is 11.6 Å². The van der Waals surface area contributed by atoms with Gasteiger partial charge in [0.2, 0.25) is 0 Å². The Morgan fingerprint density at radius 2 is 1.65 bits per heavy atom. The minimum Gasteiger partial charge on any atom is -0.444 e. The number of carbonyl (C=O) groups is 1. The van der Waals surface area contributed by atoms with Crippen molar-refractivity contribution in [2.45, 2.75) is 38.3 Å². The van der Waals surface area contributed by atoms with Gasteiger partial charge in [0.1, 0.15) is 11.5 Å². The third-order valence-corrected chi connectivity index (χ3v) is 4.77. The molecule has 3 rings (SSSR count). The molecule has 0 heterocycles. The van der Waals surface area contributed by atoms with E-state index in [0.29, 0.717) is 5.56 Å². The molecule has 0 aromatic heterocycles. The summed E-state index contributed by atoms with van der Waals surface area (Å²) in [6, 6.07) is 20.5. The summed E-state index contributed by atoms with van der Waals surface area (Å²) in [5.41, 5.74) is -0.0169. The SMILES string of the molecule is CC(C)(C)OC(=O)N[C@H](c1cccc2ccccc12)[C@H](C#N)c1ccccc1[N+](=O)[O-]. The first-order valence-corrected chi connectivity index (χ1v) is 9.81. The second-order valence-electron chi connectivity index (χ2n) is 8.11. The van der Waals surface area contributed by atoms with E-state index in [1.807, 2.05) is 42.5 Å². The van der Waals surface area contributed by atoms with E-state index in [-0.39, 0.29) is 11.3 Å². The molecular weight excluding hydrogens is 394 g/mol. The van der Waals surface area contributed by atoms with Crippen LogP contribution in [0.25, 0.3) is 10.8 Å². The molecule has 0 spiro atoms. The number of nitro groups is 1. The number of carbonyl (C=O) groups excluding carboxylic acids is 1. The van der Waals surface area contributed by atoms with Crippen molar-refractivity contribution in [1.82, 2.24) is 5.32 Å². The number of rotatable bonds is 5. The summed E-state index contributed by atoms with van der Waals surface area (Å²) in [5, 5.41) is 26.2. The molecule has 0 unspecified atom stereocenters. The van der Waals surface area contributed by atoms with E-state index in [1.54, 1.807) is 39.0 Å². The topological polar surface area (TPSA) is 105 Å². The molecule has 2 atom stereocenters. The first-order chi connectivity index (χ1) is 14.7. The van der Waals surface area contributed by atoms with Crippen molar-refractivity contribution in [2.75, 3.05) is 0 Å². The molecule has 0 fully saturated rings. The van der Waals surface area contributed by atoms with Gasteiger partial charge in [-0.15, -0.1) is 0 Å². The highest BCUT2D eigenvalue weighted by Gasteiger charge is 2.33. The number of fused-ring (bicyclic) bond motifs is 1. The number of benzene rings is 3. The lowest BCUT2D eigenvalue weighted by Crippen LogP contribution is -2.37. The summed E-state index contributed by atoms with van der Waals surface area (Å²) in [5.74, 6) is -1.01. The average molecular weight is 417 g/mol. The Morgan fingerprint density at radius 1 is 1.03 bits per heavy atom. The molecule has 7 nitrogen and oxygen atoms in total. The Hall–Kier alpha value is -3.92. The molecule has 31 heavy (non-hydrogen) atoms. The Labute approximate surface area is 180 Å². The fourth-order valence-electron chi connectivity index (χ4n) is 3.54. The smallest absolute Gasteiger partial charge is 0.408 e. The molecule has 0 saturated carbocycles. The second-order valence-corrected chi connectivity index (χ2v) is 8.11. The van der Waals surface area contributed by atoms with Crippen molar-refractivity contribution in [2.24, 2.45) is 0 Å². The highest BCUT2D eigenvalue weighted by atomic mass is 16.6. The molecule has 3 aromatic carbocycles. The molecule has 0 saturated heterocycles. The van der Waals surface area contributed by atoms with E-state index < -0.39 is 28.6 Å². The van der Waals surface area contributed by atoms with Crippen molar-refractivity contribution in [3.8, 4) is 6.07 Å². The normalized spacial score (nSPS) is 13.1. The van der Waals surface area contributed by atoms with Gasteiger partial charge in [-0.2, -0.15) is 5.26 Å². The van der Waals surface area contributed by atoms with E-state index in [0.717, 1.165) is 10.8 Å². The van der Waals surface area contributed by atoms with Gasteiger partial charge in [0.25, 0.3) is 5.69 Å². The van der Waals surface area contributed by atoms with Gasteiger partial charge in [-0.05, 0) is 37.1 Å². The minimum atomic E-state index is -1.01. The zero-order valence-electron chi connectivity index (χ0n) is 17.5. The van der Waals surface area contributed by atoms with Crippen LogP contribution in [-0.2, 0) is 4.74 Å². The summed E-state index contributed by atoms with van der Waals surface area (Å²) in [6.07, 6.45) is -0.704. The van der Waals surface area contributed by atoms with Gasteiger partial charge >= 0.3 is 6.09 Å². The number of alkyl carbamates (subject to hydrolysis) is 1. The highest BCUT2D eigenvalue weighted by Crippen LogP contribution is 2.38. The summed E-state index contributed by atoms with van der Waals surface area (Å²) >= 11 is 0. The van der Waals surface area contributed by atoms with E-state index in [4.69, 9.17) is 4.74 Å². The molecular formula is C24H23N3O4. The number of hydrogen-bond donors (Lipinski definition) is 1.